The molecule has 0 bridgehead atoms. The maximum absolute atomic E-state index is 12.1. The van der Waals surface area contributed by atoms with Gasteiger partial charge in [-0.1, -0.05) is 22.9 Å². The van der Waals surface area contributed by atoms with E-state index in [1.54, 1.807) is 44.6 Å². The third kappa shape index (κ3) is 3.52. The third-order valence-electron chi connectivity index (χ3n) is 3.22. The molecule has 3 aromatic rings. The van der Waals surface area contributed by atoms with Crippen molar-refractivity contribution in [2.75, 3.05) is 24.9 Å². The van der Waals surface area contributed by atoms with Crippen LogP contribution < -0.4 is 20.1 Å². The number of rotatable bonds is 4. The number of fused-ring (bicyclic) bond motifs is 1. The van der Waals surface area contributed by atoms with E-state index in [0.29, 0.717) is 27.3 Å². The minimum atomic E-state index is -0.379. The Morgan fingerprint density at radius 3 is 2.42 bits per heavy atom. The summed E-state index contributed by atoms with van der Waals surface area (Å²) in [4.78, 5) is 16.4. The van der Waals surface area contributed by atoms with Crippen molar-refractivity contribution in [3.05, 3.63) is 41.4 Å². The fourth-order valence-electron chi connectivity index (χ4n) is 2.10. The van der Waals surface area contributed by atoms with Gasteiger partial charge in [0.2, 0.25) is 0 Å². The largest absolute Gasteiger partial charge is 0.493 e. The van der Waals surface area contributed by atoms with E-state index < -0.39 is 0 Å². The van der Waals surface area contributed by atoms with Crippen LogP contribution in [-0.2, 0) is 0 Å². The quantitative estimate of drug-likeness (QED) is 0.709. The van der Waals surface area contributed by atoms with Gasteiger partial charge in [0.05, 0.1) is 24.4 Å². The van der Waals surface area contributed by atoms with Gasteiger partial charge in [0, 0.05) is 22.8 Å². The standard InChI is InChI=1S/C16H14ClN3O3S/c1-22-12-7-11-14(8-13(12)23-2)24-16(19-11)20-15(21)18-10-5-3-9(17)4-6-10/h3-8H,1-2H3,(H2,18,19,20,21). The van der Waals surface area contributed by atoms with Crippen LogP contribution in [0, 0.1) is 0 Å². The van der Waals surface area contributed by atoms with Crippen LogP contribution >= 0.6 is 22.9 Å². The highest BCUT2D eigenvalue weighted by Crippen LogP contribution is 2.36. The number of methoxy groups -OCH3 is 2. The highest BCUT2D eigenvalue weighted by molar-refractivity contribution is 7.22. The van der Waals surface area contributed by atoms with Crippen LogP contribution in [0.3, 0.4) is 0 Å². The van der Waals surface area contributed by atoms with E-state index in [9.17, 15) is 4.79 Å². The first kappa shape index (κ1) is 16.4. The van der Waals surface area contributed by atoms with Crippen molar-refractivity contribution in [3.63, 3.8) is 0 Å². The molecule has 24 heavy (non-hydrogen) atoms. The molecule has 0 unspecified atom stereocenters. The summed E-state index contributed by atoms with van der Waals surface area (Å²) in [6, 6.07) is 10.1. The van der Waals surface area contributed by atoms with Gasteiger partial charge in [0.15, 0.2) is 16.6 Å². The Hall–Kier alpha value is -2.51. The monoisotopic (exact) mass is 363 g/mol. The number of carbonyl (C=O) groups is 1. The summed E-state index contributed by atoms with van der Waals surface area (Å²) in [5.41, 5.74) is 1.36. The molecular formula is C16H14ClN3O3S. The first-order valence-corrected chi connectivity index (χ1v) is 8.14. The number of nitrogens with zero attached hydrogens (tertiary/aromatic N) is 1. The fourth-order valence-corrected chi connectivity index (χ4v) is 3.10. The maximum atomic E-state index is 12.1. The van der Waals surface area contributed by atoms with Gasteiger partial charge in [-0.3, -0.25) is 5.32 Å². The molecule has 6 nitrogen and oxygen atoms in total. The molecule has 0 spiro atoms. The molecule has 0 aliphatic rings. The van der Waals surface area contributed by atoms with Crippen molar-refractivity contribution >= 4 is 50.0 Å². The summed E-state index contributed by atoms with van der Waals surface area (Å²) in [6.07, 6.45) is 0. The smallest absolute Gasteiger partial charge is 0.325 e. The van der Waals surface area contributed by atoms with Gasteiger partial charge in [-0.25, -0.2) is 9.78 Å². The van der Waals surface area contributed by atoms with E-state index in [4.69, 9.17) is 21.1 Å². The van der Waals surface area contributed by atoms with Crippen LogP contribution in [0.1, 0.15) is 0 Å². The average molecular weight is 364 g/mol. The van der Waals surface area contributed by atoms with Gasteiger partial charge < -0.3 is 14.8 Å². The Morgan fingerprint density at radius 2 is 1.75 bits per heavy atom. The van der Waals surface area contributed by atoms with Crippen molar-refractivity contribution in [1.82, 2.24) is 4.98 Å². The summed E-state index contributed by atoms with van der Waals surface area (Å²) in [5.74, 6) is 1.21. The molecule has 0 aliphatic heterocycles. The van der Waals surface area contributed by atoms with Crippen LogP contribution in [0.15, 0.2) is 36.4 Å². The summed E-state index contributed by atoms with van der Waals surface area (Å²) >= 11 is 7.16. The second-order valence-corrected chi connectivity index (χ2v) is 6.25. The fraction of sp³-hybridized carbons (Fsp3) is 0.125. The lowest BCUT2D eigenvalue weighted by atomic mass is 10.3. The zero-order chi connectivity index (χ0) is 17.1. The lowest BCUT2D eigenvalue weighted by Gasteiger charge is -2.05. The topological polar surface area (TPSA) is 72.5 Å². The number of aromatic nitrogens is 1. The second kappa shape index (κ2) is 6.94. The van der Waals surface area contributed by atoms with E-state index >= 15 is 0 Å². The highest BCUT2D eigenvalue weighted by atomic mass is 35.5. The molecule has 1 aromatic heterocycles. The SMILES string of the molecule is COc1cc2nc(NC(=O)Nc3ccc(Cl)cc3)sc2cc1OC. The minimum absolute atomic E-state index is 0.379. The van der Waals surface area contributed by atoms with Crippen molar-refractivity contribution in [3.8, 4) is 11.5 Å². The predicted octanol–water partition coefficient (Wildman–Crippen LogP) is 4.61. The van der Waals surface area contributed by atoms with Gasteiger partial charge >= 0.3 is 6.03 Å². The van der Waals surface area contributed by atoms with Crippen LogP contribution in [0.4, 0.5) is 15.6 Å². The second-order valence-electron chi connectivity index (χ2n) is 4.78. The number of hydrogen-bond acceptors (Lipinski definition) is 5. The summed E-state index contributed by atoms with van der Waals surface area (Å²) in [6.45, 7) is 0. The highest BCUT2D eigenvalue weighted by Gasteiger charge is 2.12. The Balaban J connectivity index is 1.77. The van der Waals surface area contributed by atoms with Crippen LogP contribution in [0.5, 0.6) is 11.5 Å². The number of amides is 2. The molecule has 3 rings (SSSR count). The average Bonchev–Trinajstić information content (AvgIpc) is 2.96. The molecule has 2 N–H and O–H groups in total. The lowest BCUT2D eigenvalue weighted by Crippen LogP contribution is -2.19. The van der Waals surface area contributed by atoms with Crippen LogP contribution in [-0.4, -0.2) is 25.2 Å². The number of hydrogen-bond donors (Lipinski definition) is 2. The molecule has 0 atom stereocenters. The van der Waals surface area contributed by atoms with E-state index in [1.165, 1.54) is 11.3 Å². The normalized spacial score (nSPS) is 10.5. The molecular weight excluding hydrogens is 350 g/mol. The van der Waals surface area contributed by atoms with Gasteiger partial charge in [-0.15, -0.1) is 0 Å². The van der Waals surface area contributed by atoms with Crippen molar-refractivity contribution in [2.24, 2.45) is 0 Å². The van der Waals surface area contributed by atoms with E-state index in [-0.39, 0.29) is 6.03 Å². The van der Waals surface area contributed by atoms with E-state index in [0.717, 1.165) is 10.2 Å². The Morgan fingerprint density at radius 1 is 1.08 bits per heavy atom. The molecule has 0 saturated heterocycles. The van der Waals surface area contributed by atoms with Crippen molar-refractivity contribution < 1.29 is 14.3 Å². The third-order valence-corrected chi connectivity index (χ3v) is 4.40. The Kier molecular flexibility index (Phi) is 4.73. The maximum Gasteiger partial charge on any atom is 0.325 e. The van der Waals surface area contributed by atoms with Gasteiger partial charge in [-0.2, -0.15) is 0 Å². The lowest BCUT2D eigenvalue weighted by molar-refractivity contribution is 0.262. The molecule has 8 heteroatoms. The Bertz CT molecular complexity index is 839. The van der Waals surface area contributed by atoms with Crippen molar-refractivity contribution in [2.45, 2.75) is 0 Å². The van der Waals surface area contributed by atoms with E-state index in [2.05, 4.69) is 15.6 Å². The number of halogens is 1. The number of thiazole rings is 1. The molecule has 0 saturated carbocycles. The predicted molar refractivity (Wildman–Crippen MR) is 96.8 cm³/mol. The Labute approximate surface area is 147 Å². The zero-order valence-corrected chi connectivity index (χ0v) is 14.5. The molecule has 0 aliphatic carbocycles. The summed E-state index contributed by atoms with van der Waals surface area (Å²) < 4.78 is 11.4. The number of urea groups is 1. The van der Waals surface area contributed by atoms with Crippen LogP contribution in [0.2, 0.25) is 5.02 Å². The molecule has 2 amide bonds. The van der Waals surface area contributed by atoms with Crippen LogP contribution in [0.25, 0.3) is 10.2 Å². The summed E-state index contributed by atoms with van der Waals surface area (Å²) in [5, 5.41) is 6.51. The molecule has 0 radical (unpaired) electrons. The number of carbonyl (C=O) groups excluding carboxylic acids is 1. The number of ether oxygens (including phenoxy) is 2. The number of benzene rings is 2. The first-order valence-electron chi connectivity index (χ1n) is 6.95. The number of nitrogens with one attached hydrogen (secondary N) is 2. The molecule has 1 heterocycles. The zero-order valence-electron chi connectivity index (χ0n) is 12.9. The number of anilines is 2. The van der Waals surface area contributed by atoms with Gasteiger partial charge in [-0.05, 0) is 24.3 Å². The van der Waals surface area contributed by atoms with Gasteiger partial charge in [0.1, 0.15) is 0 Å². The molecule has 0 fully saturated rings. The first-order chi connectivity index (χ1) is 11.6. The van der Waals surface area contributed by atoms with Gasteiger partial charge in [0.25, 0.3) is 0 Å². The van der Waals surface area contributed by atoms with E-state index in [1.807, 2.05) is 6.07 Å². The molecule has 2 aromatic carbocycles. The van der Waals surface area contributed by atoms with Crippen molar-refractivity contribution in [1.29, 1.82) is 0 Å². The molecule has 124 valence electrons. The summed E-state index contributed by atoms with van der Waals surface area (Å²) in [7, 11) is 3.14. The minimum Gasteiger partial charge on any atom is -0.493 e.